The molecule has 1 aromatic carbocycles. The minimum Gasteiger partial charge on any atom is -0.356 e. The van der Waals surface area contributed by atoms with Crippen molar-refractivity contribution in [3.63, 3.8) is 0 Å². The number of piperazine rings is 1. The minimum atomic E-state index is 0.760. The summed E-state index contributed by atoms with van der Waals surface area (Å²) in [5.74, 6) is 1.84. The zero-order valence-corrected chi connectivity index (χ0v) is 15.8. The van der Waals surface area contributed by atoms with E-state index in [9.17, 15) is 0 Å². The maximum atomic E-state index is 4.52. The third-order valence-electron chi connectivity index (χ3n) is 5.50. The highest BCUT2D eigenvalue weighted by molar-refractivity contribution is 5.80. The van der Waals surface area contributed by atoms with Crippen LogP contribution in [0.2, 0.25) is 0 Å². The van der Waals surface area contributed by atoms with Crippen LogP contribution >= 0.6 is 0 Å². The lowest BCUT2D eigenvalue weighted by molar-refractivity contribution is 0.172. The Kier molecular flexibility index (Phi) is 6.70. The predicted molar refractivity (Wildman–Crippen MR) is 105 cm³/mol. The highest BCUT2D eigenvalue weighted by atomic mass is 15.3. The summed E-state index contributed by atoms with van der Waals surface area (Å²) < 4.78 is 0. The van der Waals surface area contributed by atoms with Gasteiger partial charge in [-0.1, -0.05) is 37.3 Å². The second kappa shape index (κ2) is 9.20. The molecule has 2 aliphatic heterocycles. The standard InChI is InChI=1S/C20H33N5/c1-3-23-10-9-19(17-23)15-22-20(21-2)25-13-11-24(12-14-25)16-18-7-5-4-6-8-18/h4-8,19H,3,9-17H2,1-2H3,(H,21,22). The summed E-state index contributed by atoms with van der Waals surface area (Å²) in [6, 6.07) is 10.8. The Morgan fingerprint density at radius 1 is 1.08 bits per heavy atom. The smallest absolute Gasteiger partial charge is 0.193 e. The van der Waals surface area contributed by atoms with E-state index in [0.29, 0.717) is 0 Å². The van der Waals surface area contributed by atoms with Crippen LogP contribution in [0.5, 0.6) is 0 Å². The highest BCUT2D eigenvalue weighted by Crippen LogP contribution is 2.15. The molecule has 2 fully saturated rings. The number of rotatable bonds is 5. The summed E-state index contributed by atoms with van der Waals surface area (Å²) in [5.41, 5.74) is 1.40. The van der Waals surface area contributed by atoms with Crippen molar-refractivity contribution in [2.24, 2.45) is 10.9 Å². The van der Waals surface area contributed by atoms with Crippen LogP contribution in [0.4, 0.5) is 0 Å². The Morgan fingerprint density at radius 3 is 2.48 bits per heavy atom. The molecule has 0 amide bonds. The van der Waals surface area contributed by atoms with E-state index in [1.807, 2.05) is 7.05 Å². The Hall–Kier alpha value is -1.59. The minimum absolute atomic E-state index is 0.760. The van der Waals surface area contributed by atoms with Gasteiger partial charge in [-0.3, -0.25) is 9.89 Å². The van der Waals surface area contributed by atoms with Crippen LogP contribution in [0.1, 0.15) is 18.9 Å². The van der Waals surface area contributed by atoms with Gasteiger partial charge >= 0.3 is 0 Å². The van der Waals surface area contributed by atoms with Gasteiger partial charge in [0, 0.05) is 52.9 Å². The van der Waals surface area contributed by atoms with Gasteiger partial charge in [-0.25, -0.2) is 0 Å². The molecule has 1 aromatic rings. The van der Waals surface area contributed by atoms with Crippen LogP contribution in [0.15, 0.2) is 35.3 Å². The Balaban J connectivity index is 1.41. The topological polar surface area (TPSA) is 34.1 Å². The molecule has 2 heterocycles. The predicted octanol–water partition coefficient (Wildman–Crippen LogP) is 1.72. The van der Waals surface area contributed by atoms with Crippen molar-refractivity contribution in [1.82, 2.24) is 20.0 Å². The molecule has 1 N–H and O–H groups in total. The van der Waals surface area contributed by atoms with E-state index in [1.54, 1.807) is 0 Å². The van der Waals surface area contributed by atoms with Crippen molar-refractivity contribution in [2.75, 3.05) is 59.4 Å². The van der Waals surface area contributed by atoms with E-state index < -0.39 is 0 Å². The van der Waals surface area contributed by atoms with Crippen molar-refractivity contribution >= 4 is 5.96 Å². The fraction of sp³-hybridized carbons (Fsp3) is 0.650. The molecule has 0 radical (unpaired) electrons. The number of nitrogens with one attached hydrogen (secondary N) is 1. The number of guanidine groups is 1. The van der Waals surface area contributed by atoms with Crippen molar-refractivity contribution in [3.8, 4) is 0 Å². The fourth-order valence-electron chi connectivity index (χ4n) is 3.89. The van der Waals surface area contributed by atoms with Crippen molar-refractivity contribution in [2.45, 2.75) is 19.9 Å². The summed E-state index contributed by atoms with van der Waals surface area (Å²) >= 11 is 0. The van der Waals surface area contributed by atoms with E-state index in [0.717, 1.165) is 51.1 Å². The largest absolute Gasteiger partial charge is 0.356 e. The Morgan fingerprint density at radius 2 is 1.84 bits per heavy atom. The van der Waals surface area contributed by atoms with Gasteiger partial charge in [0.05, 0.1) is 0 Å². The molecule has 2 saturated heterocycles. The Bertz CT molecular complexity index is 536. The number of benzene rings is 1. The lowest BCUT2D eigenvalue weighted by Gasteiger charge is -2.36. The molecular weight excluding hydrogens is 310 g/mol. The average Bonchev–Trinajstić information content (AvgIpc) is 3.12. The molecule has 1 atom stereocenters. The normalized spacial score (nSPS) is 23.2. The first-order chi connectivity index (χ1) is 12.3. The monoisotopic (exact) mass is 343 g/mol. The maximum Gasteiger partial charge on any atom is 0.193 e. The number of hydrogen-bond acceptors (Lipinski definition) is 3. The second-order valence-corrected chi connectivity index (χ2v) is 7.22. The molecule has 25 heavy (non-hydrogen) atoms. The molecule has 1 unspecified atom stereocenters. The van der Waals surface area contributed by atoms with E-state index in [4.69, 9.17) is 0 Å². The second-order valence-electron chi connectivity index (χ2n) is 7.22. The number of likely N-dealkylation sites (tertiary alicyclic amines) is 1. The number of hydrogen-bond donors (Lipinski definition) is 1. The Labute approximate surface area is 152 Å². The van der Waals surface area contributed by atoms with Gasteiger partial charge in [0.2, 0.25) is 0 Å². The fourth-order valence-corrected chi connectivity index (χ4v) is 3.89. The highest BCUT2D eigenvalue weighted by Gasteiger charge is 2.23. The SMILES string of the molecule is CCN1CCC(CNC(=NC)N2CCN(Cc3ccccc3)CC2)C1. The van der Waals surface area contributed by atoms with Crippen molar-refractivity contribution in [1.29, 1.82) is 0 Å². The van der Waals surface area contributed by atoms with Crippen LogP contribution < -0.4 is 5.32 Å². The van der Waals surface area contributed by atoms with E-state index >= 15 is 0 Å². The molecule has 0 saturated carbocycles. The van der Waals surface area contributed by atoms with Crippen LogP contribution in [0, 0.1) is 5.92 Å². The molecule has 0 spiro atoms. The molecule has 2 aliphatic rings. The van der Waals surface area contributed by atoms with E-state index in [1.165, 1.54) is 31.6 Å². The number of aliphatic imine (C=N–C) groups is 1. The molecule has 0 aromatic heterocycles. The third-order valence-corrected chi connectivity index (χ3v) is 5.50. The third kappa shape index (κ3) is 5.19. The van der Waals surface area contributed by atoms with E-state index in [2.05, 4.69) is 62.3 Å². The summed E-state index contributed by atoms with van der Waals surface area (Å²) in [7, 11) is 1.91. The van der Waals surface area contributed by atoms with Gasteiger partial charge in [0.15, 0.2) is 5.96 Å². The zero-order valence-electron chi connectivity index (χ0n) is 15.8. The summed E-state index contributed by atoms with van der Waals surface area (Å²) in [6.07, 6.45) is 1.31. The molecule has 5 nitrogen and oxygen atoms in total. The quantitative estimate of drug-likeness (QED) is 0.652. The zero-order chi connectivity index (χ0) is 17.5. The first-order valence-electron chi connectivity index (χ1n) is 9.72. The van der Waals surface area contributed by atoms with Crippen LogP contribution in [-0.2, 0) is 6.54 Å². The average molecular weight is 344 g/mol. The van der Waals surface area contributed by atoms with E-state index in [-0.39, 0.29) is 0 Å². The van der Waals surface area contributed by atoms with Crippen molar-refractivity contribution in [3.05, 3.63) is 35.9 Å². The first kappa shape index (κ1) is 18.2. The van der Waals surface area contributed by atoms with Crippen molar-refractivity contribution < 1.29 is 0 Å². The summed E-state index contributed by atoms with van der Waals surface area (Å²) in [6.45, 7) is 12.3. The van der Waals surface area contributed by atoms with Gasteiger partial charge < -0.3 is 15.1 Å². The lowest BCUT2D eigenvalue weighted by atomic mass is 10.1. The molecule has 138 valence electrons. The number of nitrogens with zero attached hydrogens (tertiary/aromatic N) is 4. The van der Waals surface area contributed by atoms with Gasteiger partial charge in [0.25, 0.3) is 0 Å². The lowest BCUT2D eigenvalue weighted by Crippen LogP contribution is -2.52. The molecule has 0 aliphatic carbocycles. The first-order valence-corrected chi connectivity index (χ1v) is 9.72. The van der Waals surface area contributed by atoms with Crippen LogP contribution in [0.25, 0.3) is 0 Å². The van der Waals surface area contributed by atoms with Gasteiger partial charge in [0.1, 0.15) is 0 Å². The maximum absolute atomic E-state index is 4.52. The molecule has 5 heteroatoms. The van der Waals surface area contributed by atoms with Crippen LogP contribution in [-0.4, -0.2) is 80.1 Å². The molecule has 0 bridgehead atoms. The van der Waals surface area contributed by atoms with Gasteiger partial charge in [-0.2, -0.15) is 0 Å². The summed E-state index contributed by atoms with van der Waals surface area (Å²) in [5, 5.41) is 3.62. The molecular formula is C20H33N5. The summed E-state index contributed by atoms with van der Waals surface area (Å²) in [4.78, 5) is 12.0. The van der Waals surface area contributed by atoms with Crippen LogP contribution in [0.3, 0.4) is 0 Å². The van der Waals surface area contributed by atoms with Gasteiger partial charge in [-0.05, 0) is 31.0 Å². The van der Waals surface area contributed by atoms with Gasteiger partial charge in [-0.15, -0.1) is 0 Å². The molecule has 3 rings (SSSR count).